The van der Waals surface area contributed by atoms with Gasteiger partial charge in [-0.15, -0.1) is 0 Å². The van der Waals surface area contributed by atoms with E-state index in [0.29, 0.717) is 0 Å². The average molecular weight is 294 g/mol. The second kappa shape index (κ2) is 4.02. The van der Waals surface area contributed by atoms with E-state index in [1.807, 2.05) is 42.6 Å². The van der Waals surface area contributed by atoms with Crippen LogP contribution in [0.5, 0.6) is 0 Å². The molecule has 0 unspecified atom stereocenters. The van der Waals surface area contributed by atoms with Crippen LogP contribution >= 0.6 is 11.6 Å². The van der Waals surface area contributed by atoms with Crippen LogP contribution in [0.3, 0.4) is 0 Å². The predicted octanol–water partition coefficient (Wildman–Crippen LogP) is 3.01. The Labute approximate surface area is 104 Å². The molecule has 0 saturated carbocycles. The monoisotopic (exact) mass is 294 g/mol. The van der Waals surface area contributed by atoms with E-state index in [4.69, 9.17) is 11.6 Å². The maximum absolute atomic E-state index is 5.86. The zero-order valence-corrected chi connectivity index (χ0v) is 10.7. The molecule has 3 aromatic rings. The Balaban J connectivity index is 2.15. The van der Waals surface area contributed by atoms with E-state index in [1.165, 1.54) is 0 Å². The minimum absolute atomic E-state index is 0.213. The van der Waals surface area contributed by atoms with Crippen molar-refractivity contribution in [1.29, 1.82) is 0 Å². The molecule has 3 rings (SSSR count). The summed E-state index contributed by atoms with van der Waals surface area (Å²) in [5.74, 6) is 0. The summed E-state index contributed by atoms with van der Waals surface area (Å²) >= 11 is 6.07. The number of rotatable bonds is 1. The van der Waals surface area contributed by atoms with Gasteiger partial charge < -0.3 is 0 Å². The minimum atomic E-state index is 0.213. The number of benzene rings is 1. The zero-order valence-electron chi connectivity index (χ0n) is 8.22. The molecule has 0 spiro atoms. The van der Waals surface area contributed by atoms with E-state index in [2.05, 4.69) is 9.97 Å². The fourth-order valence-electron chi connectivity index (χ4n) is 1.49. The van der Waals surface area contributed by atoms with Crippen LogP contribution in [0, 0.1) is 0 Å². The van der Waals surface area contributed by atoms with Gasteiger partial charge in [0.15, 0.2) is 0 Å². The first kappa shape index (κ1) is 10.0. The van der Waals surface area contributed by atoms with Crippen molar-refractivity contribution >= 4 is 36.0 Å². The van der Waals surface area contributed by atoms with Gasteiger partial charge in [-0.25, -0.2) is 0 Å². The van der Waals surface area contributed by atoms with Crippen LogP contribution in [-0.4, -0.2) is 24.5 Å². The van der Waals surface area contributed by atoms with Crippen molar-refractivity contribution in [2.75, 3.05) is 0 Å². The predicted molar refractivity (Wildman–Crippen MR) is 66.9 cm³/mol. The van der Waals surface area contributed by atoms with Crippen molar-refractivity contribution in [3.05, 3.63) is 47.6 Å². The molecule has 0 bridgehead atoms. The summed E-state index contributed by atoms with van der Waals surface area (Å²) < 4.78 is 2.23. The van der Waals surface area contributed by atoms with Gasteiger partial charge in [-0.05, 0) is 0 Å². The Morgan fingerprint density at radius 2 is 1.88 bits per heavy atom. The third kappa shape index (κ3) is 1.78. The zero-order chi connectivity index (χ0) is 11.0. The summed E-state index contributed by atoms with van der Waals surface area (Å²) in [5.41, 5.74) is 2.15. The first-order valence-corrected chi connectivity index (χ1v) is 6.89. The van der Waals surface area contributed by atoms with Gasteiger partial charge in [0.25, 0.3) is 0 Å². The number of pyridine rings is 1. The molecule has 2 heterocycles. The van der Waals surface area contributed by atoms with E-state index in [1.54, 1.807) is 0 Å². The Kier molecular flexibility index (Phi) is 2.52. The van der Waals surface area contributed by atoms with Crippen molar-refractivity contribution in [3.63, 3.8) is 0 Å². The number of fused-ring (bicyclic) bond motifs is 1. The van der Waals surface area contributed by atoms with Crippen molar-refractivity contribution in [3.8, 4) is 10.1 Å². The molecule has 78 valence electrons. The molecule has 1 aromatic carbocycles. The van der Waals surface area contributed by atoms with Gasteiger partial charge in [0.1, 0.15) is 0 Å². The summed E-state index contributed by atoms with van der Waals surface area (Å²) in [6.45, 7) is 0. The summed E-state index contributed by atoms with van der Waals surface area (Å²) in [7, 11) is 0. The van der Waals surface area contributed by atoms with Crippen LogP contribution in [0.4, 0.5) is 0 Å². The Morgan fingerprint density at radius 3 is 2.62 bits per heavy atom. The third-order valence-corrected chi connectivity index (χ3v) is 4.67. The topological polar surface area (TPSA) is 25.8 Å². The number of nitrogens with zero attached hydrogens (tertiary/aromatic N) is 2. The number of halogens is 1. The molecule has 0 atom stereocenters. The molecule has 0 radical (unpaired) electrons. The second-order valence-electron chi connectivity index (χ2n) is 3.35. The van der Waals surface area contributed by atoms with Crippen LogP contribution in [0.2, 0.25) is 5.02 Å². The van der Waals surface area contributed by atoms with Crippen LogP contribution in [0.1, 0.15) is 0 Å². The van der Waals surface area contributed by atoms with E-state index in [0.717, 1.165) is 25.1 Å². The molecule has 2 aromatic heterocycles. The molecule has 0 aliphatic rings. The van der Waals surface area contributed by atoms with Crippen molar-refractivity contribution in [1.82, 2.24) is 9.97 Å². The van der Waals surface area contributed by atoms with Gasteiger partial charge in [-0.2, -0.15) is 0 Å². The molecule has 0 aliphatic carbocycles. The van der Waals surface area contributed by atoms with Crippen molar-refractivity contribution < 1.29 is 0 Å². The van der Waals surface area contributed by atoms with Gasteiger partial charge in [0.05, 0.1) is 0 Å². The standard InChI is InChI=1S/C12H7ClN2Se/c13-9-5-3-8(4-6-9)11-15-10-2-1-7-14-12(10)16-11/h1-7H. The number of hydrogen-bond acceptors (Lipinski definition) is 2. The average Bonchev–Trinajstić information content (AvgIpc) is 2.73. The summed E-state index contributed by atoms with van der Waals surface area (Å²) in [5, 5.41) is 0.755. The summed E-state index contributed by atoms with van der Waals surface area (Å²) in [6.07, 6.45) is 1.82. The van der Waals surface area contributed by atoms with Crippen molar-refractivity contribution in [2.24, 2.45) is 0 Å². The van der Waals surface area contributed by atoms with Crippen molar-refractivity contribution in [2.45, 2.75) is 0 Å². The SMILES string of the molecule is Clc1ccc(-c2nc3cccnc3[se]2)cc1. The molecule has 16 heavy (non-hydrogen) atoms. The molecular weight excluding hydrogens is 287 g/mol. The number of aromatic nitrogens is 2. The first-order chi connectivity index (χ1) is 7.83. The molecular formula is C12H7ClN2Se. The van der Waals surface area contributed by atoms with Crippen LogP contribution in [-0.2, 0) is 0 Å². The Bertz CT molecular complexity index is 598. The Morgan fingerprint density at radius 1 is 1.06 bits per heavy atom. The van der Waals surface area contributed by atoms with E-state index >= 15 is 0 Å². The summed E-state index contributed by atoms with van der Waals surface area (Å²) in [6, 6.07) is 11.7. The Hall–Kier alpha value is -1.15. The molecule has 0 aliphatic heterocycles. The van der Waals surface area contributed by atoms with Crippen LogP contribution in [0.15, 0.2) is 42.6 Å². The fraction of sp³-hybridized carbons (Fsp3) is 0. The maximum atomic E-state index is 5.86. The van der Waals surface area contributed by atoms with E-state index in [-0.39, 0.29) is 14.5 Å². The molecule has 0 amide bonds. The molecule has 2 nitrogen and oxygen atoms in total. The fourth-order valence-corrected chi connectivity index (χ4v) is 3.53. The van der Waals surface area contributed by atoms with Gasteiger partial charge in [0.2, 0.25) is 0 Å². The third-order valence-electron chi connectivity index (χ3n) is 2.26. The summed E-state index contributed by atoms with van der Waals surface area (Å²) in [4.78, 5) is 8.93. The normalized spacial score (nSPS) is 10.8. The van der Waals surface area contributed by atoms with E-state index < -0.39 is 0 Å². The van der Waals surface area contributed by atoms with Crippen LogP contribution < -0.4 is 0 Å². The first-order valence-electron chi connectivity index (χ1n) is 4.80. The molecule has 0 fully saturated rings. The van der Waals surface area contributed by atoms with E-state index in [9.17, 15) is 0 Å². The van der Waals surface area contributed by atoms with Gasteiger partial charge in [0, 0.05) is 0 Å². The molecule has 4 heteroatoms. The van der Waals surface area contributed by atoms with Gasteiger partial charge in [-0.3, -0.25) is 0 Å². The quantitative estimate of drug-likeness (QED) is 0.645. The van der Waals surface area contributed by atoms with Gasteiger partial charge >= 0.3 is 104 Å². The molecule has 0 saturated heterocycles. The van der Waals surface area contributed by atoms with Crippen LogP contribution in [0.25, 0.3) is 20.0 Å². The molecule has 0 N–H and O–H groups in total. The second-order valence-corrected chi connectivity index (χ2v) is 5.84. The van der Waals surface area contributed by atoms with Gasteiger partial charge in [-0.1, -0.05) is 0 Å². The number of hydrogen-bond donors (Lipinski definition) is 0.